The standard InChI is InChI=1S/C13H22O4S/c1-12(2,11(14)15)18-10-3-6-17-13(9-10)4-7-16-8-5-13/h10H,3-9H2,1-2H3,(H,14,15). The van der Waals surface area contributed by atoms with Gasteiger partial charge in [-0.3, -0.25) is 4.79 Å². The minimum Gasteiger partial charge on any atom is -0.480 e. The normalized spacial score (nSPS) is 28.2. The predicted octanol–water partition coefficient (Wildman–Crippen LogP) is 2.31. The number of carboxylic acids is 1. The highest BCUT2D eigenvalue weighted by Crippen LogP contribution is 2.42. The fourth-order valence-corrected chi connectivity index (χ4v) is 4.18. The summed E-state index contributed by atoms with van der Waals surface area (Å²) in [5, 5.41) is 9.58. The molecule has 0 aromatic rings. The van der Waals surface area contributed by atoms with Crippen LogP contribution in [0, 0.1) is 0 Å². The van der Waals surface area contributed by atoms with Crippen LogP contribution in [0.1, 0.15) is 39.5 Å². The van der Waals surface area contributed by atoms with E-state index in [4.69, 9.17) is 9.47 Å². The zero-order valence-electron chi connectivity index (χ0n) is 11.1. The Hall–Kier alpha value is -0.260. The molecule has 1 unspecified atom stereocenters. The topological polar surface area (TPSA) is 55.8 Å². The molecule has 2 saturated heterocycles. The Kier molecular flexibility index (Phi) is 4.24. The molecule has 1 atom stereocenters. The molecule has 0 saturated carbocycles. The van der Waals surface area contributed by atoms with Gasteiger partial charge in [-0.1, -0.05) is 0 Å². The summed E-state index contributed by atoms with van der Waals surface area (Å²) in [6.45, 7) is 5.84. The first-order valence-corrected chi connectivity index (χ1v) is 7.44. The van der Waals surface area contributed by atoms with Gasteiger partial charge in [-0.2, -0.15) is 0 Å². The smallest absolute Gasteiger partial charge is 0.319 e. The summed E-state index contributed by atoms with van der Waals surface area (Å²) in [7, 11) is 0. The molecule has 0 amide bonds. The minimum absolute atomic E-state index is 0.0528. The Balaban J connectivity index is 1.96. The highest BCUT2D eigenvalue weighted by Gasteiger charge is 2.42. The molecule has 4 nitrogen and oxygen atoms in total. The fraction of sp³-hybridized carbons (Fsp3) is 0.923. The molecule has 0 radical (unpaired) electrons. The Labute approximate surface area is 112 Å². The summed E-state index contributed by atoms with van der Waals surface area (Å²) in [6.07, 6.45) is 3.79. The largest absolute Gasteiger partial charge is 0.480 e. The van der Waals surface area contributed by atoms with Gasteiger partial charge in [0, 0.05) is 25.1 Å². The summed E-state index contributed by atoms with van der Waals surface area (Å²) in [6, 6.07) is 0. The van der Waals surface area contributed by atoms with E-state index >= 15 is 0 Å². The fourth-order valence-electron chi connectivity index (χ4n) is 2.64. The van der Waals surface area contributed by atoms with Gasteiger partial charge in [-0.15, -0.1) is 11.8 Å². The molecule has 0 aromatic carbocycles. The second-order valence-electron chi connectivity index (χ2n) is 5.69. The van der Waals surface area contributed by atoms with Gasteiger partial charge in [0.1, 0.15) is 4.75 Å². The average molecular weight is 274 g/mol. The maximum absolute atomic E-state index is 11.2. The van der Waals surface area contributed by atoms with Crippen molar-refractivity contribution in [2.24, 2.45) is 0 Å². The monoisotopic (exact) mass is 274 g/mol. The van der Waals surface area contributed by atoms with E-state index in [1.54, 1.807) is 25.6 Å². The molecule has 2 aliphatic heterocycles. The second-order valence-corrected chi connectivity index (χ2v) is 7.61. The van der Waals surface area contributed by atoms with E-state index in [0.29, 0.717) is 5.25 Å². The minimum atomic E-state index is -0.736. The summed E-state index contributed by atoms with van der Waals surface area (Å²) >= 11 is 1.58. The molecule has 1 spiro atoms. The number of hydrogen-bond acceptors (Lipinski definition) is 4. The molecule has 1 N–H and O–H groups in total. The predicted molar refractivity (Wildman–Crippen MR) is 71.1 cm³/mol. The molecule has 2 rings (SSSR count). The van der Waals surface area contributed by atoms with Gasteiger partial charge >= 0.3 is 5.97 Å². The lowest BCUT2D eigenvalue weighted by Crippen LogP contribution is -2.46. The molecule has 104 valence electrons. The van der Waals surface area contributed by atoms with Crippen molar-refractivity contribution >= 4 is 17.7 Å². The molecule has 2 aliphatic rings. The molecule has 0 aliphatic carbocycles. The van der Waals surface area contributed by atoms with Gasteiger partial charge in [0.25, 0.3) is 0 Å². The van der Waals surface area contributed by atoms with Gasteiger partial charge in [0.2, 0.25) is 0 Å². The van der Waals surface area contributed by atoms with Crippen molar-refractivity contribution < 1.29 is 19.4 Å². The second kappa shape index (κ2) is 5.39. The van der Waals surface area contributed by atoms with Crippen molar-refractivity contribution in [1.29, 1.82) is 0 Å². The third-order valence-electron chi connectivity index (χ3n) is 3.83. The first-order valence-electron chi connectivity index (χ1n) is 6.56. The number of hydrogen-bond donors (Lipinski definition) is 1. The van der Waals surface area contributed by atoms with Crippen LogP contribution < -0.4 is 0 Å². The van der Waals surface area contributed by atoms with Crippen LogP contribution >= 0.6 is 11.8 Å². The van der Waals surface area contributed by atoms with E-state index < -0.39 is 10.7 Å². The van der Waals surface area contributed by atoms with Crippen LogP contribution in [0.2, 0.25) is 0 Å². The third-order valence-corrected chi connectivity index (χ3v) is 5.33. The summed E-state index contributed by atoms with van der Waals surface area (Å²) < 4.78 is 10.6. The maximum Gasteiger partial charge on any atom is 0.319 e. The highest BCUT2D eigenvalue weighted by atomic mass is 32.2. The van der Waals surface area contributed by atoms with Crippen molar-refractivity contribution in [1.82, 2.24) is 0 Å². The van der Waals surface area contributed by atoms with Crippen molar-refractivity contribution in [3.05, 3.63) is 0 Å². The zero-order chi connectivity index (χ0) is 13.2. The Morgan fingerprint density at radius 1 is 1.33 bits per heavy atom. The average Bonchev–Trinajstić information content (AvgIpc) is 2.29. The van der Waals surface area contributed by atoms with Gasteiger partial charge in [-0.05, 0) is 39.5 Å². The lowest BCUT2D eigenvalue weighted by Gasteiger charge is -2.44. The van der Waals surface area contributed by atoms with Gasteiger partial charge in [-0.25, -0.2) is 0 Å². The molecular formula is C13H22O4S. The Morgan fingerprint density at radius 2 is 2.00 bits per heavy atom. The van der Waals surface area contributed by atoms with E-state index in [0.717, 1.165) is 45.5 Å². The summed E-state index contributed by atoms with van der Waals surface area (Å²) in [5.41, 5.74) is -0.0528. The maximum atomic E-state index is 11.2. The van der Waals surface area contributed by atoms with Crippen LogP contribution in [0.15, 0.2) is 0 Å². The molecule has 0 bridgehead atoms. The Morgan fingerprint density at radius 3 is 2.61 bits per heavy atom. The number of thioether (sulfide) groups is 1. The first-order chi connectivity index (χ1) is 8.44. The van der Waals surface area contributed by atoms with Gasteiger partial charge < -0.3 is 14.6 Å². The Bertz CT molecular complexity index is 305. The van der Waals surface area contributed by atoms with E-state index in [9.17, 15) is 9.90 Å². The van der Waals surface area contributed by atoms with Crippen LogP contribution in [0.25, 0.3) is 0 Å². The molecule has 0 aromatic heterocycles. The number of carbonyl (C=O) groups is 1. The van der Waals surface area contributed by atoms with Crippen LogP contribution in [0.4, 0.5) is 0 Å². The number of rotatable bonds is 3. The van der Waals surface area contributed by atoms with Crippen LogP contribution in [0.3, 0.4) is 0 Å². The van der Waals surface area contributed by atoms with Crippen molar-refractivity contribution in [2.75, 3.05) is 19.8 Å². The molecular weight excluding hydrogens is 252 g/mol. The van der Waals surface area contributed by atoms with Crippen LogP contribution in [0.5, 0.6) is 0 Å². The molecule has 2 heterocycles. The summed E-state index contributed by atoms with van der Waals surface area (Å²) in [4.78, 5) is 11.2. The number of ether oxygens (including phenoxy) is 2. The molecule has 2 fully saturated rings. The summed E-state index contributed by atoms with van der Waals surface area (Å²) in [5.74, 6) is -0.736. The van der Waals surface area contributed by atoms with E-state index in [2.05, 4.69) is 0 Å². The number of aliphatic carboxylic acids is 1. The molecule has 18 heavy (non-hydrogen) atoms. The van der Waals surface area contributed by atoms with Crippen molar-refractivity contribution in [3.63, 3.8) is 0 Å². The highest BCUT2D eigenvalue weighted by molar-refractivity contribution is 8.01. The lowest BCUT2D eigenvalue weighted by atomic mass is 9.86. The first kappa shape index (κ1) is 14.2. The zero-order valence-corrected chi connectivity index (χ0v) is 11.9. The van der Waals surface area contributed by atoms with Crippen molar-refractivity contribution in [2.45, 2.75) is 55.1 Å². The van der Waals surface area contributed by atoms with Gasteiger partial charge in [0.15, 0.2) is 0 Å². The van der Waals surface area contributed by atoms with Crippen molar-refractivity contribution in [3.8, 4) is 0 Å². The van der Waals surface area contributed by atoms with Crippen LogP contribution in [-0.4, -0.2) is 46.5 Å². The van der Waals surface area contributed by atoms with Crippen LogP contribution in [-0.2, 0) is 14.3 Å². The quantitative estimate of drug-likeness (QED) is 0.856. The number of carboxylic acid groups (broad SMARTS) is 1. The molecule has 5 heteroatoms. The van der Waals surface area contributed by atoms with Gasteiger partial charge in [0.05, 0.1) is 5.60 Å². The van der Waals surface area contributed by atoms with E-state index in [1.807, 2.05) is 0 Å². The lowest BCUT2D eigenvalue weighted by molar-refractivity contribution is -0.139. The third kappa shape index (κ3) is 3.19. The SMILES string of the molecule is CC(C)(SC1CCOC2(CCOCC2)C1)C(=O)O. The van der Waals surface area contributed by atoms with E-state index in [1.165, 1.54) is 0 Å². The van der Waals surface area contributed by atoms with E-state index in [-0.39, 0.29) is 5.60 Å².